The molecule has 2 aliphatic rings. The third-order valence-corrected chi connectivity index (χ3v) is 4.86. The molecule has 2 heterocycles. The van der Waals surface area contributed by atoms with Crippen LogP contribution in [0.3, 0.4) is 0 Å². The molecule has 3 rings (SSSR count). The van der Waals surface area contributed by atoms with Gasteiger partial charge in [-0.3, -0.25) is 4.79 Å². The molecule has 1 unspecified atom stereocenters. The third kappa shape index (κ3) is 6.69. The molecule has 2 aliphatic heterocycles. The first kappa shape index (κ1) is 23.1. The Bertz CT molecular complexity index is 819. The van der Waals surface area contributed by atoms with Crippen molar-refractivity contribution in [2.75, 3.05) is 13.2 Å². The first-order valence-corrected chi connectivity index (χ1v) is 10.8. The van der Waals surface area contributed by atoms with Crippen molar-refractivity contribution in [3.63, 3.8) is 0 Å². The number of nitrogens with zero attached hydrogens (tertiary/aromatic N) is 2. The van der Waals surface area contributed by atoms with E-state index in [9.17, 15) is 9.59 Å². The molecule has 31 heavy (non-hydrogen) atoms. The summed E-state index contributed by atoms with van der Waals surface area (Å²) in [5, 5.41) is 8.77. The molecule has 1 spiro atoms. The highest BCUT2D eigenvalue weighted by molar-refractivity contribution is 5.89. The molecule has 0 radical (unpaired) electrons. The number of hydrogen-bond donors (Lipinski definition) is 1. The van der Waals surface area contributed by atoms with E-state index < -0.39 is 23.6 Å². The SMILES string of the molecule is CC(C)C[C@H](NC(=O)OC(C)(C)C)C(=O)CN1N=C(CCc2ccccc2)OC12CO2.[HH]. The van der Waals surface area contributed by atoms with Crippen LogP contribution in [0.5, 0.6) is 0 Å². The molecular formula is C23H35N3O5. The summed E-state index contributed by atoms with van der Waals surface area (Å²) < 4.78 is 16.7. The summed E-state index contributed by atoms with van der Waals surface area (Å²) in [5.41, 5.74) is 0.551. The fourth-order valence-electron chi connectivity index (χ4n) is 3.34. The minimum Gasteiger partial charge on any atom is -0.444 e. The number of carbonyl (C=O) groups is 2. The molecule has 172 valence electrons. The first-order chi connectivity index (χ1) is 14.6. The van der Waals surface area contributed by atoms with Crippen LogP contribution in [0, 0.1) is 5.92 Å². The van der Waals surface area contributed by atoms with Crippen molar-refractivity contribution in [2.45, 2.75) is 71.4 Å². The number of epoxide rings is 1. The Morgan fingerprint density at radius 2 is 1.94 bits per heavy atom. The van der Waals surface area contributed by atoms with Crippen LogP contribution in [0.1, 0.15) is 54.5 Å². The van der Waals surface area contributed by atoms with E-state index in [1.165, 1.54) is 5.56 Å². The molecule has 1 aromatic rings. The molecule has 1 amide bonds. The van der Waals surface area contributed by atoms with Gasteiger partial charge in [-0.25, -0.2) is 9.80 Å². The van der Waals surface area contributed by atoms with Gasteiger partial charge in [0.1, 0.15) is 18.8 Å². The molecule has 0 bridgehead atoms. The van der Waals surface area contributed by atoms with Gasteiger partial charge in [0.05, 0.1) is 6.04 Å². The van der Waals surface area contributed by atoms with Crippen LogP contribution >= 0.6 is 0 Å². The van der Waals surface area contributed by atoms with E-state index in [1.54, 1.807) is 25.8 Å². The number of nitrogens with one attached hydrogen (secondary N) is 1. The average molecular weight is 434 g/mol. The zero-order valence-corrected chi connectivity index (χ0v) is 19.0. The van der Waals surface area contributed by atoms with Gasteiger partial charge >= 0.3 is 12.0 Å². The van der Waals surface area contributed by atoms with Crippen LogP contribution in [0.15, 0.2) is 35.4 Å². The number of aryl methyl sites for hydroxylation is 1. The van der Waals surface area contributed by atoms with E-state index in [1.807, 2.05) is 32.0 Å². The Balaban J connectivity index is 0.00000363. The van der Waals surface area contributed by atoms with Gasteiger partial charge in [0.25, 0.3) is 0 Å². The molecule has 8 heteroatoms. The standard InChI is InChI=1S/C23H33N3O5.H2/c1-16(2)13-18(24-21(28)31-22(3,4)5)19(27)14-26-23(15-29-23)30-20(25-26)12-11-17-9-7-6-8-10-17;/h6-10,16,18H,11-15H2,1-5H3,(H,24,28);1H/t18-,23?;/m0./s1. The lowest BCUT2D eigenvalue weighted by molar-refractivity contribution is -0.128. The number of ether oxygens (including phenoxy) is 3. The smallest absolute Gasteiger partial charge is 0.408 e. The minimum absolute atomic E-state index is 0. The van der Waals surface area contributed by atoms with Crippen molar-refractivity contribution in [3.8, 4) is 0 Å². The summed E-state index contributed by atoms with van der Waals surface area (Å²) in [6.45, 7) is 9.70. The Hall–Kier alpha value is -2.61. The highest BCUT2D eigenvalue weighted by atomic mass is 16.8. The number of carbonyl (C=O) groups excluding carboxylic acids is 2. The monoisotopic (exact) mass is 433 g/mol. The van der Waals surface area contributed by atoms with Crippen molar-refractivity contribution in [3.05, 3.63) is 35.9 Å². The van der Waals surface area contributed by atoms with Crippen molar-refractivity contribution in [1.82, 2.24) is 10.3 Å². The van der Waals surface area contributed by atoms with E-state index in [2.05, 4.69) is 22.6 Å². The fourth-order valence-corrected chi connectivity index (χ4v) is 3.34. The summed E-state index contributed by atoms with van der Waals surface area (Å²) in [6.07, 6.45) is 1.30. The summed E-state index contributed by atoms with van der Waals surface area (Å²) in [5.74, 6) is -0.369. The summed E-state index contributed by atoms with van der Waals surface area (Å²) in [4.78, 5) is 25.3. The Labute approximate surface area is 185 Å². The van der Waals surface area contributed by atoms with Gasteiger partial charge < -0.3 is 19.5 Å². The molecule has 1 fully saturated rings. The number of ketones is 1. The van der Waals surface area contributed by atoms with Crippen LogP contribution < -0.4 is 5.32 Å². The molecule has 1 saturated heterocycles. The van der Waals surface area contributed by atoms with Crippen LogP contribution in [0.4, 0.5) is 4.79 Å². The topological polar surface area (TPSA) is 92.8 Å². The molecule has 0 aliphatic carbocycles. The number of amides is 1. The zero-order valence-electron chi connectivity index (χ0n) is 19.0. The molecule has 0 saturated carbocycles. The first-order valence-electron chi connectivity index (χ1n) is 10.8. The number of hydrogen-bond acceptors (Lipinski definition) is 7. The van der Waals surface area contributed by atoms with Gasteiger partial charge in [0.2, 0.25) is 5.90 Å². The Morgan fingerprint density at radius 3 is 2.52 bits per heavy atom. The lowest BCUT2D eigenvalue weighted by atomic mass is 10.00. The number of rotatable bonds is 9. The van der Waals surface area contributed by atoms with Gasteiger partial charge in [-0.05, 0) is 45.1 Å². The Morgan fingerprint density at radius 1 is 1.26 bits per heavy atom. The predicted molar refractivity (Wildman–Crippen MR) is 118 cm³/mol. The predicted octanol–water partition coefficient (Wildman–Crippen LogP) is 3.70. The highest BCUT2D eigenvalue weighted by Crippen LogP contribution is 2.38. The van der Waals surface area contributed by atoms with Gasteiger partial charge in [0, 0.05) is 7.85 Å². The zero-order chi connectivity index (χ0) is 22.6. The molecule has 2 atom stereocenters. The lowest BCUT2D eigenvalue weighted by Crippen LogP contribution is -2.48. The lowest BCUT2D eigenvalue weighted by Gasteiger charge is -2.25. The fraction of sp³-hybridized carbons (Fsp3) is 0.609. The van der Waals surface area contributed by atoms with Gasteiger partial charge in [-0.1, -0.05) is 44.2 Å². The van der Waals surface area contributed by atoms with E-state index >= 15 is 0 Å². The van der Waals surface area contributed by atoms with Crippen LogP contribution in [-0.4, -0.2) is 53.5 Å². The Kier molecular flexibility index (Phi) is 6.89. The largest absolute Gasteiger partial charge is 0.444 e. The van der Waals surface area contributed by atoms with Crippen LogP contribution in [0.2, 0.25) is 0 Å². The average Bonchev–Trinajstić information content (AvgIpc) is 3.36. The van der Waals surface area contributed by atoms with Gasteiger partial charge in [0.15, 0.2) is 5.78 Å². The van der Waals surface area contributed by atoms with E-state index in [0.29, 0.717) is 25.3 Å². The normalized spacial score (nSPS) is 21.0. The quantitative estimate of drug-likeness (QED) is 0.597. The maximum absolute atomic E-state index is 13.0. The highest BCUT2D eigenvalue weighted by Gasteiger charge is 2.59. The van der Waals surface area contributed by atoms with E-state index in [0.717, 1.165) is 6.42 Å². The van der Waals surface area contributed by atoms with Crippen LogP contribution in [0.25, 0.3) is 0 Å². The molecule has 0 aromatic heterocycles. The number of alkyl carbamates (subject to hydrolysis) is 1. The minimum atomic E-state index is -0.976. The molecule has 8 nitrogen and oxygen atoms in total. The summed E-state index contributed by atoms with van der Waals surface area (Å²) >= 11 is 0. The third-order valence-electron chi connectivity index (χ3n) is 4.86. The molecule has 1 N–H and O–H groups in total. The van der Waals surface area contributed by atoms with Crippen molar-refractivity contribution in [2.24, 2.45) is 11.0 Å². The van der Waals surface area contributed by atoms with Gasteiger partial charge in [-0.15, -0.1) is 5.10 Å². The maximum atomic E-state index is 13.0. The second-order valence-corrected chi connectivity index (χ2v) is 9.44. The van der Waals surface area contributed by atoms with Crippen molar-refractivity contribution >= 4 is 17.8 Å². The van der Waals surface area contributed by atoms with Gasteiger partial charge in [-0.2, -0.15) is 0 Å². The number of hydrazone groups is 1. The van der Waals surface area contributed by atoms with Crippen molar-refractivity contribution in [1.29, 1.82) is 0 Å². The summed E-state index contributed by atoms with van der Waals surface area (Å²) in [6, 6.07) is 9.41. The molecule has 1 aromatic carbocycles. The van der Waals surface area contributed by atoms with Crippen molar-refractivity contribution < 1.29 is 25.2 Å². The van der Waals surface area contributed by atoms with E-state index in [-0.39, 0.29) is 19.7 Å². The summed E-state index contributed by atoms with van der Waals surface area (Å²) in [7, 11) is 0. The van der Waals surface area contributed by atoms with E-state index in [4.69, 9.17) is 14.2 Å². The molecular weight excluding hydrogens is 398 g/mol. The second-order valence-electron chi connectivity index (χ2n) is 9.44. The number of Topliss-reactive ketones (excluding diaryl/α,β-unsaturated/α-hetero) is 1. The second kappa shape index (κ2) is 9.26. The maximum Gasteiger partial charge on any atom is 0.408 e. The van der Waals surface area contributed by atoms with Crippen LogP contribution in [-0.2, 0) is 25.4 Å². The number of benzene rings is 1.